The van der Waals surface area contributed by atoms with E-state index in [0.717, 1.165) is 25.7 Å². The van der Waals surface area contributed by atoms with Gasteiger partial charge in [-0.2, -0.15) is 0 Å². The van der Waals surface area contributed by atoms with Gasteiger partial charge >= 0.3 is 0 Å². The lowest BCUT2D eigenvalue weighted by atomic mass is 9.86. The Kier molecular flexibility index (Phi) is 5.76. The van der Waals surface area contributed by atoms with E-state index in [4.69, 9.17) is 5.73 Å². The fraction of sp³-hybridized carbons (Fsp3) is 0.588. The molecule has 0 aromatic heterocycles. The van der Waals surface area contributed by atoms with Crippen LogP contribution in [0.3, 0.4) is 0 Å². The molecule has 1 atom stereocenters. The molecule has 1 aliphatic rings. The quantitative estimate of drug-likeness (QED) is 0.870. The number of carbonyl (C=O) groups is 1. The summed E-state index contributed by atoms with van der Waals surface area (Å²) in [5, 5.41) is 3.13. The molecule has 0 aliphatic heterocycles. The van der Waals surface area contributed by atoms with Crippen LogP contribution in [0.25, 0.3) is 0 Å². The van der Waals surface area contributed by atoms with Gasteiger partial charge in [0.25, 0.3) is 0 Å². The van der Waals surface area contributed by atoms with Crippen LogP contribution >= 0.6 is 0 Å². The lowest BCUT2D eigenvalue weighted by molar-refractivity contribution is -0.126. The number of hydrogen-bond donors (Lipinski definition) is 2. The topological polar surface area (TPSA) is 58.4 Å². The number of amides is 1. The zero-order valence-corrected chi connectivity index (χ0v) is 13.1. The third kappa shape index (κ3) is 4.55. The predicted octanol–water partition coefficient (Wildman–Crippen LogP) is 1.92. The van der Waals surface area contributed by atoms with Gasteiger partial charge < -0.3 is 16.0 Å². The first-order chi connectivity index (χ1) is 10.1. The minimum atomic E-state index is 0.142. The van der Waals surface area contributed by atoms with Crippen LogP contribution in [0.2, 0.25) is 0 Å². The Labute approximate surface area is 127 Å². The van der Waals surface area contributed by atoms with E-state index >= 15 is 0 Å². The van der Waals surface area contributed by atoms with E-state index in [1.165, 1.54) is 5.56 Å². The first-order valence-corrected chi connectivity index (χ1v) is 7.82. The molecule has 0 heterocycles. The summed E-state index contributed by atoms with van der Waals surface area (Å²) < 4.78 is 0. The largest absolute Gasteiger partial charge is 0.354 e. The number of nitrogens with zero attached hydrogens (tertiary/aromatic N) is 1. The monoisotopic (exact) mass is 289 g/mol. The number of carbonyl (C=O) groups excluding carboxylic acids is 1. The van der Waals surface area contributed by atoms with Crippen LogP contribution in [0.1, 0.15) is 37.3 Å². The molecule has 0 spiro atoms. The van der Waals surface area contributed by atoms with Gasteiger partial charge in [0.15, 0.2) is 0 Å². The Balaban J connectivity index is 1.89. The summed E-state index contributed by atoms with van der Waals surface area (Å²) >= 11 is 0. The van der Waals surface area contributed by atoms with Gasteiger partial charge in [0, 0.05) is 18.5 Å². The van der Waals surface area contributed by atoms with Crippen LogP contribution in [0.5, 0.6) is 0 Å². The zero-order chi connectivity index (χ0) is 15.2. The molecule has 1 aromatic rings. The molecule has 1 amide bonds. The van der Waals surface area contributed by atoms with Crippen molar-refractivity contribution in [2.45, 2.75) is 37.8 Å². The maximum Gasteiger partial charge on any atom is 0.223 e. The molecule has 0 radical (unpaired) electrons. The van der Waals surface area contributed by atoms with Crippen molar-refractivity contribution in [2.75, 3.05) is 20.6 Å². The van der Waals surface area contributed by atoms with Crippen LogP contribution in [0.4, 0.5) is 0 Å². The Bertz CT molecular complexity index is 439. The maximum atomic E-state index is 12.3. The van der Waals surface area contributed by atoms with Crippen LogP contribution in [0, 0.1) is 5.92 Å². The highest BCUT2D eigenvalue weighted by atomic mass is 16.1. The van der Waals surface area contributed by atoms with Gasteiger partial charge in [0.05, 0.1) is 6.04 Å². The number of rotatable bonds is 5. The van der Waals surface area contributed by atoms with Gasteiger partial charge in [0.1, 0.15) is 0 Å². The lowest BCUT2D eigenvalue weighted by Gasteiger charge is -2.28. The van der Waals surface area contributed by atoms with Gasteiger partial charge in [-0.05, 0) is 45.3 Å². The number of nitrogens with two attached hydrogens (primary N) is 1. The van der Waals surface area contributed by atoms with Crippen molar-refractivity contribution in [2.24, 2.45) is 11.7 Å². The number of hydrogen-bond acceptors (Lipinski definition) is 3. The van der Waals surface area contributed by atoms with Crippen LogP contribution in [-0.2, 0) is 4.79 Å². The van der Waals surface area contributed by atoms with Gasteiger partial charge in [-0.15, -0.1) is 0 Å². The first kappa shape index (κ1) is 16.0. The molecule has 4 nitrogen and oxygen atoms in total. The minimum Gasteiger partial charge on any atom is -0.354 e. The Hall–Kier alpha value is -1.39. The van der Waals surface area contributed by atoms with E-state index in [1.807, 2.05) is 32.3 Å². The van der Waals surface area contributed by atoms with E-state index in [2.05, 4.69) is 22.3 Å². The second-order valence-electron chi connectivity index (χ2n) is 6.25. The highest BCUT2D eigenvalue weighted by Gasteiger charge is 2.25. The van der Waals surface area contributed by atoms with Gasteiger partial charge in [0.2, 0.25) is 5.91 Å². The van der Waals surface area contributed by atoms with Crippen LogP contribution in [-0.4, -0.2) is 37.5 Å². The molecule has 4 heteroatoms. The Morgan fingerprint density at radius 2 is 1.86 bits per heavy atom. The molecule has 2 rings (SSSR count). The van der Waals surface area contributed by atoms with Crippen molar-refractivity contribution in [3.05, 3.63) is 35.9 Å². The predicted molar refractivity (Wildman–Crippen MR) is 85.8 cm³/mol. The molecule has 116 valence electrons. The fourth-order valence-corrected chi connectivity index (χ4v) is 3.00. The van der Waals surface area contributed by atoms with Crippen molar-refractivity contribution in [1.29, 1.82) is 0 Å². The highest BCUT2D eigenvalue weighted by Crippen LogP contribution is 2.23. The van der Waals surface area contributed by atoms with Crippen molar-refractivity contribution in [3.8, 4) is 0 Å². The summed E-state index contributed by atoms with van der Waals surface area (Å²) in [6.07, 6.45) is 3.78. The number of nitrogens with one attached hydrogen (secondary N) is 1. The minimum absolute atomic E-state index is 0.142. The molecule has 1 unspecified atom stereocenters. The summed E-state index contributed by atoms with van der Waals surface area (Å²) in [6, 6.07) is 10.8. The second kappa shape index (κ2) is 7.57. The molecular weight excluding hydrogens is 262 g/mol. The second-order valence-corrected chi connectivity index (χ2v) is 6.25. The van der Waals surface area contributed by atoms with Gasteiger partial charge in [-0.3, -0.25) is 4.79 Å². The smallest absolute Gasteiger partial charge is 0.223 e. The fourth-order valence-electron chi connectivity index (χ4n) is 3.00. The van der Waals surface area contributed by atoms with E-state index in [9.17, 15) is 4.79 Å². The molecule has 0 saturated heterocycles. The molecule has 21 heavy (non-hydrogen) atoms. The summed E-state index contributed by atoms with van der Waals surface area (Å²) in [5.74, 6) is 0.327. The molecular formula is C17H27N3O. The van der Waals surface area contributed by atoms with E-state index in [0.29, 0.717) is 6.54 Å². The summed E-state index contributed by atoms with van der Waals surface area (Å²) in [4.78, 5) is 14.4. The average molecular weight is 289 g/mol. The Morgan fingerprint density at radius 1 is 1.24 bits per heavy atom. The molecule has 1 aliphatic carbocycles. The highest BCUT2D eigenvalue weighted by molar-refractivity contribution is 5.78. The third-order valence-electron chi connectivity index (χ3n) is 4.42. The van der Waals surface area contributed by atoms with E-state index in [1.54, 1.807) is 0 Å². The van der Waals surface area contributed by atoms with Gasteiger partial charge in [-0.1, -0.05) is 30.3 Å². The van der Waals surface area contributed by atoms with E-state index in [-0.39, 0.29) is 23.9 Å². The molecule has 1 fully saturated rings. The van der Waals surface area contributed by atoms with Crippen molar-refractivity contribution < 1.29 is 4.79 Å². The Morgan fingerprint density at radius 3 is 2.43 bits per heavy atom. The van der Waals surface area contributed by atoms with Crippen molar-refractivity contribution >= 4 is 5.91 Å². The van der Waals surface area contributed by atoms with Crippen molar-refractivity contribution in [1.82, 2.24) is 10.2 Å². The van der Waals surface area contributed by atoms with Crippen LogP contribution in [0.15, 0.2) is 30.3 Å². The standard InChI is InChI=1S/C17H27N3O/c1-20(2)16(13-6-4-3-5-7-13)12-19-17(21)14-8-10-15(18)11-9-14/h3-7,14-16H,8-12,18H2,1-2H3,(H,19,21). The molecule has 3 N–H and O–H groups in total. The number of benzene rings is 1. The van der Waals surface area contributed by atoms with Crippen LogP contribution < -0.4 is 11.1 Å². The lowest BCUT2D eigenvalue weighted by Crippen LogP contribution is -2.40. The zero-order valence-electron chi connectivity index (χ0n) is 13.1. The number of likely N-dealkylation sites (N-methyl/N-ethyl adjacent to an activating group) is 1. The SMILES string of the molecule is CN(C)C(CNC(=O)C1CCC(N)CC1)c1ccccc1. The normalized spacial score (nSPS) is 23.8. The summed E-state index contributed by atoms with van der Waals surface area (Å²) in [6.45, 7) is 0.651. The summed E-state index contributed by atoms with van der Waals surface area (Å²) in [7, 11) is 4.09. The van der Waals surface area contributed by atoms with Gasteiger partial charge in [-0.25, -0.2) is 0 Å². The molecule has 0 bridgehead atoms. The first-order valence-electron chi connectivity index (χ1n) is 7.82. The summed E-state index contributed by atoms with van der Waals surface area (Å²) in [5.41, 5.74) is 7.13. The average Bonchev–Trinajstić information content (AvgIpc) is 2.48. The molecule has 1 saturated carbocycles. The van der Waals surface area contributed by atoms with Crippen molar-refractivity contribution in [3.63, 3.8) is 0 Å². The third-order valence-corrected chi connectivity index (χ3v) is 4.42. The van der Waals surface area contributed by atoms with E-state index < -0.39 is 0 Å². The maximum absolute atomic E-state index is 12.3. The molecule has 1 aromatic carbocycles.